The second-order valence-corrected chi connectivity index (χ2v) is 6.34. The van der Waals surface area contributed by atoms with E-state index in [2.05, 4.69) is 18.2 Å². The lowest BCUT2D eigenvalue weighted by molar-refractivity contribution is 0.627. The molecule has 0 saturated carbocycles. The van der Waals surface area contributed by atoms with E-state index in [1.165, 1.54) is 47.4 Å². The molecule has 0 amide bonds. The molecule has 2 nitrogen and oxygen atoms in total. The Kier molecular flexibility index (Phi) is 3.97. The minimum absolute atomic E-state index is 0.0842. The number of nitrogen functional groups attached to an aromatic ring is 1. The van der Waals surface area contributed by atoms with Crippen molar-refractivity contribution in [3.8, 4) is 0 Å². The van der Waals surface area contributed by atoms with Crippen LogP contribution in [0.3, 0.4) is 0 Å². The number of hydrogen-bond acceptors (Lipinski definition) is 2. The lowest BCUT2D eigenvalue weighted by Gasteiger charge is -2.09. The van der Waals surface area contributed by atoms with Gasteiger partial charge in [0.2, 0.25) is 0 Å². The predicted molar refractivity (Wildman–Crippen MR) is 85.4 cm³/mol. The van der Waals surface area contributed by atoms with Crippen LogP contribution in [-0.2, 0) is 18.6 Å². The molecule has 21 heavy (non-hydrogen) atoms. The Morgan fingerprint density at radius 1 is 1.14 bits per heavy atom. The zero-order valence-electron chi connectivity index (χ0n) is 11.7. The van der Waals surface area contributed by atoms with Crippen molar-refractivity contribution in [1.82, 2.24) is 0 Å². The molecular formula is C17H17FN2S. The van der Waals surface area contributed by atoms with Gasteiger partial charge < -0.3 is 5.73 Å². The van der Waals surface area contributed by atoms with Gasteiger partial charge >= 0.3 is 0 Å². The third-order valence-corrected chi connectivity index (χ3v) is 4.87. The zero-order chi connectivity index (χ0) is 14.8. The van der Waals surface area contributed by atoms with Gasteiger partial charge in [0.05, 0.1) is 0 Å². The summed E-state index contributed by atoms with van der Waals surface area (Å²) < 4.78 is 13.3. The molecule has 1 aliphatic rings. The largest absolute Gasteiger partial charge is 0.384 e. The minimum atomic E-state index is -0.355. The minimum Gasteiger partial charge on any atom is -0.384 e. The maximum Gasteiger partial charge on any atom is 0.123 e. The van der Waals surface area contributed by atoms with Crippen molar-refractivity contribution < 1.29 is 4.39 Å². The second kappa shape index (κ2) is 5.90. The quantitative estimate of drug-likeness (QED) is 0.511. The van der Waals surface area contributed by atoms with Crippen molar-refractivity contribution in [2.45, 2.75) is 29.9 Å². The lowest BCUT2D eigenvalue weighted by atomic mass is 10.1. The average Bonchev–Trinajstić information content (AvgIpc) is 2.93. The highest BCUT2D eigenvalue weighted by atomic mass is 32.2. The van der Waals surface area contributed by atoms with E-state index in [1.807, 2.05) is 0 Å². The Morgan fingerprint density at radius 3 is 2.76 bits per heavy atom. The monoisotopic (exact) mass is 300 g/mol. The van der Waals surface area contributed by atoms with Crippen molar-refractivity contribution in [3.63, 3.8) is 0 Å². The molecule has 0 atom stereocenters. The van der Waals surface area contributed by atoms with Crippen molar-refractivity contribution in [1.29, 1.82) is 5.41 Å². The van der Waals surface area contributed by atoms with Crippen LogP contribution in [0.1, 0.15) is 28.7 Å². The number of rotatable bonds is 4. The van der Waals surface area contributed by atoms with Crippen LogP contribution >= 0.6 is 11.8 Å². The van der Waals surface area contributed by atoms with Crippen LogP contribution in [0.15, 0.2) is 41.3 Å². The SMILES string of the molecule is N=C(N)c1cc(F)ccc1CSc1ccc2c(c1)CCC2. The smallest absolute Gasteiger partial charge is 0.123 e. The fourth-order valence-corrected chi connectivity index (χ4v) is 3.69. The van der Waals surface area contributed by atoms with Gasteiger partial charge in [-0.3, -0.25) is 5.41 Å². The summed E-state index contributed by atoms with van der Waals surface area (Å²) in [4.78, 5) is 1.22. The maximum absolute atomic E-state index is 13.3. The summed E-state index contributed by atoms with van der Waals surface area (Å²) in [6.07, 6.45) is 3.60. The Morgan fingerprint density at radius 2 is 1.95 bits per heavy atom. The molecule has 1 aliphatic carbocycles. The number of halogens is 1. The first-order chi connectivity index (χ1) is 10.1. The van der Waals surface area contributed by atoms with Gasteiger partial charge in [0.25, 0.3) is 0 Å². The highest BCUT2D eigenvalue weighted by Gasteiger charge is 2.12. The number of thioether (sulfide) groups is 1. The van der Waals surface area contributed by atoms with Crippen molar-refractivity contribution >= 4 is 17.6 Å². The Bertz CT molecular complexity index is 697. The number of aryl methyl sites for hydroxylation is 2. The summed E-state index contributed by atoms with van der Waals surface area (Å²) in [5.41, 5.74) is 9.83. The molecule has 0 aliphatic heterocycles. The fraction of sp³-hybridized carbons (Fsp3) is 0.235. The van der Waals surface area contributed by atoms with E-state index in [0.29, 0.717) is 11.3 Å². The Hall–Kier alpha value is -1.81. The maximum atomic E-state index is 13.3. The summed E-state index contributed by atoms with van der Waals surface area (Å²) >= 11 is 1.70. The molecule has 0 unspecified atom stereocenters. The Labute approximate surface area is 128 Å². The first kappa shape index (κ1) is 14.1. The predicted octanol–water partition coefficient (Wildman–Crippen LogP) is 3.89. The van der Waals surface area contributed by atoms with Crippen LogP contribution in [0.2, 0.25) is 0 Å². The molecule has 3 N–H and O–H groups in total. The highest BCUT2D eigenvalue weighted by Crippen LogP contribution is 2.30. The average molecular weight is 300 g/mol. The number of hydrogen-bond donors (Lipinski definition) is 2. The van der Waals surface area contributed by atoms with Crippen LogP contribution in [0.5, 0.6) is 0 Å². The zero-order valence-corrected chi connectivity index (χ0v) is 12.5. The molecular weight excluding hydrogens is 283 g/mol. The summed E-state index contributed by atoms with van der Waals surface area (Å²) in [6, 6.07) is 11.1. The molecule has 108 valence electrons. The van der Waals surface area contributed by atoms with E-state index in [4.69, 9.17) is 11.1 Å². The molecule has 0 heterocycles. The van der Waals surface area contributed by atoms with Gasteiger partial charge in [-0.1, -0.05) is 12.1 Å². The third-order valence-electron chi connectivity index (χ3n) is 3.83. The van der Waals surface area contributed by atoms with E-state index in [0.717, 1.165) is 5.56 Å². The number of fused-ring (bicyclic) bond motifs is 1. The van der Waals surface area contributed by atoms with Crippen LogP contribution in [0.4, 0.5) is 4.39 Å². The normalized spacial score (nSPS) is 13.2. The van der Waals surface area contributed by atoms with Gasteiger partial charge in [0.15, 0.2) is 0 Å². The molecule has 3 rings (SSSR count). The molecule has 2 aromatic carbocycles. The Balaban J connectivity index is 1.77. The van der Waals surface area contributed by atoms with Crippen LogP contribution < -0.4 is 5.73 Å². The fourth-order valence-electron chi connectivity index (χ4n) is 2.72. The number of benzene rings is 2. The van der Waals surface area contributed by atoms with E-state index >= 15 is 0 Å². The van der Waals surface area contributed by atoms with Crippen molar-refractivity contribution in [3.05, 3.63) is 64.5 Å². The number of nitrogens with two attached hydrogens (primary N) is 1. The standard InChI is InChI=1S/C17H17FN2S/c18-14-6-4-13(16(9-14)17(19)20)10-21-15-7-5-11-2-1-3-12(11)8-15/h4-9H,1-3,10H2,(H3,19,20). The third kappa shape index (κ3) is 3.10. The first-order valence-electron chi connectivity index (χ1n) is 7.01. The van der Waals surface area contributed by atoms with Crippen LogP contribution in [0, 0.1) is 11.2 Å². The highest BCUT2D eigenvalue weighted by molar-refractivity contribution is 7.98. The van der Waals surface area contributed by atoms with E-state index in [-0.39, 0.29) is 11.7 Å². The van der Waals surface area contributed by atoms with E-state index in [1.54, 1.807) is 17.8 Å². The van der Waals surface area contributed by atoms with E-state index < -0.39 is 0 Å². The van der Waals surface area contributed by atoms with Gasteiger partial charge in [0.1, 0.15) is 11.7 Å². The van der Waals surface area contributed by atoms with Crippen LogP contribution in [-0.4, -0.2) is 5.84 Å². The molecule has 0 radical (unpaired) electrons. The molecule has 0 fully saturated rings. The second-order valence-electron chi connectivity index (χ2n) is 5.29. The number of amidine groups is 1. The van der Waals surface area contributed by atoms with Gasteiger partial charge in [-0.2, -0.15) is 0 Å². The lowest BCUT2D eigenvalue weighted by Crippen LogP contribution is -2.13. The molecule has 0 bridgehead atoms. The summed E-state index contributed by atoms with van der Waals surface area (Å²) in [5.74, 6) is 0.249. The topological polar surface area (TPSA) is 49.9 Å². The molecule has 0 spiro atoms. The van der Waals surface area contributed by atoms with E-state index in [9.17, 15) is 4.39 Å². The number of nitrogens with one attached hydrogen (secondary N) is 1. The summed E-state index contributed by atoms with van der Waals surface area (Å²) in [6.45, 7) is 0. The van der Waals surface area contributed by atoms with Crippen molar-refractivity contribution in [2.75, 3.05) is 0 Å². The molecule has 0 saturated heterocycles. The van der Waals surface area contributed by atoms with Gasteiger partial charge in [0, 0.05) is 16.2 Å². The first-order valence-corrected chi connectivity index (χ1v) is 7.99. The van der Waals surface area contributed by atoms with Gasteiger partial charge in [-0.15, -0.1) is 11.8 Å². The summed E-state index contributed by atoms with van der Waals surface area (Å²) in [7, 11) is 0. The molecule has 0 aromatic heterocycles. The van der Waals surface area contributed by atoms with Gasteiger partial charge in [-0.25, -0.2) is 4.39 Å². The summed E-state index contributed by atoms with van der Waals surface area (Å²) in [5, 5.41) is 7.56. The molecule has 4 heteroatoms. The molecule has 2 aromatic rings. The van der Waals surface area contributed by atoms with Gasteiger partial charge in [-0.05, 0) is 60.2 Å². The van der Waals surface area contributed by atoms with Crippen molar-refractivity contribution in [2.24, 2.45) is 5.73 Å². The van der Waals surface area contributed by atoms with Crippen LogP contribution in [0.25, 0.3) is 0 Å².